The topological polar surface area (TPSA) is 164 Å². The molecule has 3 aliphatic carbocycles. The number of nitrogens with zero attached hydrogens (tertiary/aromatic N) is 1. The first kappa shape index (κ1) is 26.5. The van der Waals surface area contributed by atoms with Gasteiger partial charge >= 0.3 is 0 Å². The van der Waals surface area contributed by atoms with Crippen molar-refractivity contribution in [3.63, 3.8) is 0 Å². The van der Waals surface area contributed by atoms with Gasteiger partial charge in [0, 0.05) is 29.5 Å². The average molecular weight is 517 g/mol. The van der Waals surface area contributed by atoms with Crippen LogP contribution in [0.5, 0.6) is 5.75 Å². The predicted molar refractivity (Wildman–Crippen MR) is 129 cm³/mol. The Morgan fingerprint density at radius 1 is 1.22 bits per heavy atom. The van der Waals surface area contributed by atoms with E-state index >= 15 is 4.39 Å². The Hall–Kier alpha value is -3.57. The number of aromatic hydroxyl groups is 1. The fourth-order valence-electron chi connectivity index (χ4n) is 5.68. The number of phenolic OH excluding ortho intramolecular Hbond substituents is 1. The Balaban J connectivity index is 1.74. The first-order valence-electron chi connectivity index (χ1n) is 12.2. The zero-order chi connectivity index (χ0) is 27.2. The molecule has 4 rings (SSSR count). The van der Waals surface area contributed by atoms with E-state index in [9.17, 15) is 39.6 Å². The predicted octanol–water partition coefficient (Wildman–Crippen LogP) is 1.95. The smallest absolute Gasteiger partial charge is 0.238 e. The van der Waals surface area contributed by atoms with Crippen molar-refractivity contribution in [3.05, 3.63) is 40.4 Å². The van der Waals surface area contributed by atoms with Gasteiger partial charge in [-0.2, -0.15) is 0 Å². The number of ketones is 3. The summed E-state index contributed by atoms with van der Waals surface area (Å²) in [6.45, 7) is 5.09. The number of carbonyl (C=O) groups is 4. The number of halogens is 1. The molecule has 0 bridgehead atoms. The number of aliphatic hydroxyl groups excluding tert-OH is 2. The SMILES string of the molecule is CCCN(CC)CC(=O)Nc1cc(F)c2c(c1O)C(O)=C1C(=O)[C@]3(O)C(=O)C(=CO)C(=O)C[C@@H]3CC1C2. The summed E-state index contributed by atoms with van der Waals surface area (Å²) in [5, 5.41) is 44.9. The highest BCUT2D eigenvalue weighted by atomic mass is 19.1. The van der Waals surface area contributed by atoms with E-state index in [-0.39, 0.29) is 48.9 Å². The molecule has 1 amide bonds. The maximum absolute atomic E-state index is 15.2. The maximum atomic E-state index is 15.2. The summed E-state index contributed by atoms with van der Waals surface area (Å²) in [5.74, 6) is -7.92. The molecule has 0 aliphatic heterocycles. The fraction of sp³-hybridized carbons (Fsp3) is 0.462. The van der Waals surface area contributed by atoms with Gasteiger partial charge < -0.3 is 25.7 Å². The van der Waals surface area contributed by atoms with Crippen LogP contribution in [-0.2, 0) is 25.6 Å². The van der Waals surface area contributed by atoms with E-state index in [1.54, 1.807) is 0 Å². The number of anilines is 1. The molecule has 2 saturated carbocycles. The number of Topliss-reactive ketones (excluding diaryl/α,β-unsaturated/α-hetero) is 3. The van der Waals surface area contributed by atoms with Gasteiger partial charge in [0.2, 0.25) is 17.5 Å². The van der Waals surface area contributed by atoms with Crippen molar-refractivity contribution in [2.24, 2.45) is 11.8 Å². The van der Waals surface area contributed by atoms with Gasteiger partial charge in [-0.3, -0.25) is 24.1 Å². The summed E-state index contributed by atoms with van der Waals surface area (Å²) >= 11 is 0. The van der Waals surface area contributed by atoms with Gasteiger partial charge in [0.25, 0.3) is 0 Å². The molecule has 0 aromatic heterocycles. The van der Waals surface area contributed by atoms with E-state index in [1.807, 2.05) is 18.7 Å². The van der Waals surface area contributed by atoms with Crippen molar-refractivity contribution in [1.29, 1.82) is 0 Å². The van der Waals surface area contributed by atoms with Crippen LogP contribution in [0.25, 0.3) is 5.76 Å². The Morgan fingerprint density at radius 3 is 2.54 bits per heavy atom. The molecule has 5 N–H and O–H groups in total. The van der Waals surface area contributed by atoms with Crippen LogP contribution in [0.2, 0.25) is 0 Å². The molecule has 3 aliphatic rings. The third-order valence-corrected chi connectivity index (χ3v) is 7.53. The van der Waals surface area contributed by atoms with Crippen LogP contribution in [0, 0.1) is 17.7 Å². The second-order valence-corrected chi connectivity index (χ2v) is 9.72. The second-order valence-electron chi connectivity index (χ2n) is 9.72. The van der Waals surface area contributed by atoms with Gasteiger partial charge in [0.1, 0.15) is 11.6 Å². The van der Waals surface area contributed by atoms with Crippen LogP contribution in [0.3, 0.4) is 0 Å². The number of hydrogen-bond acceptors (Lipinski definition) is 9. The van der Waals surface area contributed by atoms with E-state index in [0.717, 1.165) is 12.5 Å². The summed E-state index contributed by atoms with van der Waals surface area (Å²) in [5.41, 5.74) is -4.58. The highest BCUT2D eigenvalue weighted by molar-refractivity contribution is 6.34. The molecular weight excluding hydrogens is 487 g/mol. The third kappa shape index (κ3) is 4.11. The van der Waals surface area contributed by atoms with E-state index < -0.39 is 69.2 Å². The summed E-state index contributed by atoms with van der Waals surface area (Å²) in [7, 11) is 0. The standard InChI is InChI=1S/C26H29FN2O8/c1-3-5-29(4-2)10-19(32)28-17-9-16(27)14-7-12-6-13-8-18(31)15(11-30)24(35)26(13,37)25(36)20(12)23(34)21(14)22(17)33/h9,11-13,30,33-34,37H,3-8,10H2,1-2H3,(H,28,32)/t12?,13-,26+/m0/s1. The molecule has 1 aromatic rings. The molecule has 0 saturated heterocycles. The number of phenols is 1. The molecule has 3 atom stereocenters. The number of aliphatic hydroxyl groups is 3. The first-order valence-corrected chi connectivity index (χ1v) is 12.2. The number of fused-ring (bicyclic) bond motifs is 3. The molecule has 198 valence electrons. The number of benzene rings is 1. The van der Waals surface area contributed by atoms with E-state index in [4.69, 9.17) is 0 Å². The van der Waals surface area contributed by atoms with Gasteiger partial charge in [0.15, 0.2) is 17.1 Å². The molecule has 37 heavy (non-hydrogen) atoms. The number of likely N-dealkylation sites (N-methyl/N-ethyl adjacent to an activating group) is 1. The van der Waals surface area contributed by atoms with Crippen molar-refractivity contribution in [2.75, 3.05) is 25.0 Å². The third-order valence-electron chi connectivity index (χ3n) is 7.53. The van der Waals surface area contributed by atoms with E-state index in [2.05, 4.69) is 5.32 Å². The Morgan fingerprint density at radius 2 is 1.92 bits per heavy atom. The fourth-order valence-corrected chi connectivity index (χ4v) is 5.68. The molecule has 10 nitrogen and oxygen atoms in total. The average Bonchev–Trinajstić information content (AvgIpc) is 2.84. The van der Waals surface area contributed by atoms with Crippen molar-refractivity contribution in [3.8, 4) is 5.75 Å². The summed E-state index contributed by atoms with van der Waals surface area (Å²) in [6.07, 6.45) is 0.449. The van der Waals surface area contributed by atoms with Crippen molar-refractivity contribution >= 4 is 34.7 Å². The Kier molecular flexibility index (Phi) is 6.95. The second kappa shape index (κ2) is 9.71. The number of hydrogen-bond donors (Lipinski definition) is 5. The van der Waals surface area contributed by atoms with Crippen LogP contribution in [0.15, 0.2) is 23.5 Å². The van der Waals surface area contributed by atoms with Gasteiger partial charge in [-0.05, 0) is 38.3 Å². The van der Waals surface area contributed by atoms with Crippen LogP contribution in [0.4, 0.5) is 10.1 Å². The zero-order valence-corrected chi connectivity index (χ0v) is 20.5. The van der Waals surface area contributed by atoms with Gasteiger partial charge in [-0.1, -0.05) is 13.8 Å². The summed E-state index contributed by atoms with van der Waals surface area (Å²) < 4.78 is 15.2. The lowest BCUT2D eigenvalue weighted by molar-refractivity contribution is -0.160. The molecule has 0 radical (unpaired) electrons. The van der Waals surface area contributed by atoms with Gasteiger partial charge in [-0.25, -0.2) is 4.39 Å². The maximum Gasteiger partial charge on any atom is 0.238 e. The largest absolute Gasteiger partial charge is 0.515 e. The number of carbonyl (C=O) groups excluding carboxylic acids is 4. The minimum absolute atomic E-state index is 0.00786. The minimum Gasteiger partial charge on any atom is -0.515 e. The molecule has 0 heterocycles. The van der Waals surface area contributed by atoms with Crippen LogP contribution < -0.4 is 5.32 Å². The summed E-state index contributed by atoms with van der Waals surface area (Å²) in [6, 6.07) is 0.938. The van der Waals surface area contributed by atoms with Gasteiger partial charge in [0.05, 0.1) is 29.6 Å². The van der Waals surface area contributed by atoms with Crippen molar-refractivity contribution in [1.82, 2.24) is 4.90 Å². The molecule has 11 heteroatoms. The monoisotopic (exact) mass is 516 g/mol. The van der Waals surface area contributed by atoms with Crippen molar-refractivity contribution in [2.45, 2.75) is 45.1 Å². The van der Waals surface area contributed by atoms with Crippen molar-refractivity contribution < 1.29 is 44.0 Å². The Bertz CT molecular complexity index is 1270. The normalized spacial score (nSPS) is 26.3. The van der Waals surface area contributed by atoms with Crippen LogP contribution in [0.1, 0.15) is 44.2 Å². The molecular formula is C26H29FN2O8. The number of nitrogens with one attached hydrogen (secondary N) is 1. The molecule has 2 fully saturated rings. The highest BCUT2D eigenvalue weighted by Gasteiger charge is 2.62. The lowest BCUT2D eigenvalue weighted by Crippen LogP contribution is -2.62. The number of rotatable bonds is 6. The number of amides is 1. The lowest BCUT2D eigenvalue weighted by Gasteiger charge is -2.45. The van der Waals surface area contributed by atoms with Gasteiger partial charge in [-0.15, -0.1) is 0 Å². The Labute approximate surface area is 212 Å². The zero-order valence-electron chi connectivity index (χ0n) is 20.5. The van der Waals surface area contributed by atoms with Crippen LogP contribution >= 0.6 is 0 Å². The quantitative estimate of drug-likeness (QED) is 0.125. The lowest BCUT2D eigenvalue weighted by atomic mass is 9.58. The van der Waals surface area contributed by atoms with Crippen LogP contribution in [-0.4, -0.2) is 73.8 Å². The minimum atomic E-state index is -2.69. The van der Waals surface area contributed by atoms with E-state index in [1.165, 1.54) is 0 Å². The molecule has 1 aromatic carbocycles. The molecule has 0 spiro atoms. The molecule has 1 unspecified atom stereocenters. The summed E-state index contributed by atoms with van der Waals surface area (Å²) in [4.78, 5) is 52.9. The highest BCUT2D eigenvalue weighted by Crippen LogP contribution is 2.51. The van der Waals surface area contributed by atoms with E-state index in [0.29, 0.717) is 13.1 Å². The first-order chi connectivity index (χ1) is 17.5.